The molecule has 2 rings (SSSR count). The Morgan fingerprint density at radius 3 is 3.09 bits per heavy atom. The Kier molecular flexibility index (Phi) is 1.72. The fourth-order valence-electron chi connectivity index (χ4n) is 0.837. The van der Waals surface area contributed by atoms with Crippen molar-refractivity contribution < 1.29 is 0 Å². The second-order valence-electron chi connectivity index (χ2n) is 2.04. The minimum absolute atomic E-state index is 0.682. The molecule has 0 unspecified atom stereocenters. The van der Waals surface area contributed by atoms with Crippen molar-refractivity contribution in [2.24, 2.45) is 0 Å². The van der Waals surface area contributed by atoms with Gasteiger partial charge in [-0.2, -0.15) is 0 Å². The predicted molar refractivity (Wildman–Crippen MR) is 50.7 cm³/mol. The number of hydrogen-bond donors (Lipinski definition) is 0. The molecule has 0 amide bonds. The van der Waals surface area contributed by atoms with Crippen LogP contribution in [-0.4, -0.2) is 14.6 Å². The Hall–Kier alpha value is -0.360. The van der Waals surface area contributed by atoms with Crippen molar-refractivity contribution in [3.63, 3.8) is 0 Å². The highest BCUT2D eigenvalue weighted by Gasteiger charge is 2.00. The van der Waals surface area contributed by atoms with Gasteiger partial charge in [0.05, 0.1) is 0 Å². The zero-order chi connectivity index (χ0) is 7.84. The van der Waals surface area contributed by atoms with Crippen LogP contribution in [0.2, 0.25) is 5.02 Å². The molecule has 3 nitrogen and oxygen atoms in total. The van der Waals surface area contributed by atoms with Gasteiger partial charge in [0.2, 0.25) is 0 Å². The third kappa shape index (κ3) is 1.20. The molecule has 0 N–H and O–H groups in total. The summed E-state index contributed by atoms with van der Waals surface area (Å²) in [5, 5.41) is 8.46. The van der Waals surface area contributed by atoms with Gasteiger partial charge in [-0.1, -0.05) is 11.6 Å². The maximum Gasteiger partial charge on any atom is 0.198 e. The zero-order valence-electron chi connectivity index (χ0n) is 5.33. The summed E-state index contributed by atoms with van der Waals surface area (Å²) in [5.74, 6) is 0. The molecule has 5 heteroatoms. The minimum atomic E-state index is 0.682. The predicted octanol–water partition coefficient (Wildman–Crippen LogP) is 1.99. The quantitative estimate of drug-likeness (QED) is 0.690. The molecule has 0 bridgehead atoms. The van der Waals surface area contributed by atoms with Gasteiger partial charge in [0.25, 0.3) is 0 Å². The van der Waals surface area contributed by atoms with E-state index in [0.29, 0.717) is 5.02 Å². The SMILES string of the molecule is Clc1ccn2c(I)nnc2c1. The van der Waals surface area contributed by atoms with Crippen LogP contribution in [0.4, 0.5) is 0 Å². The van der Waals surface area contributed by atoms with Gasteiger partial charge in [0, 0.05) is 39.9 Å². The molecule has 0 fully saturated rings. The van der Waals surface area contributed by atoms with E-state index < -0.39 is 0 Å². The molecule has 2 heterocycles. The van der Waals surface area contributed by atoms with Crippen molar-refractivity contribution in [3.8, 4) is 0 Å². The number of fused-ring (bicyclic) bond motifs is 1. The molecule has 0 radical (unpaired) electrons. The smallest absolute Gasteiger partial charge is 0.198 e. The normalized spacial score (nSPS) is 10.7. The van der Waals surface area contributed by atoms with Gasteiger partial charge in [0.1, 0.15) is 0 Å². The summed E-state index contributed by atoms with van der Waals surface area (Å²) >= 11 is 7.86. The zero-order valence-corrected chi connectivity index (χ0v) is 8.24. The lowest BCUT2D eigenvalue weighted by Crippen LogP contribution is -1.85. The summed E-state index contributed by atoms with van der Waals surface area (Å²) in [6, 6.07) is 3.58. The average Bonchev–Trinajstić information content (AvgIpc) is 2.32. The molecule has 0 spiro atoms. The Labute approximate surface area is 81.5 Å². The van der Waals surface area contributed by atoms with Crippen LogP contribution in [-0.2, 0) is 0 Å². The van der Waals surface area contributed by atoms with Crippen LogP contribution in [0.5, 0.6) is 0 Å². The van der Waals surface area contributed by atoms with E-state index in [1.54, 1.807) is 12.1 Å². The Bertz CT molecular complexity index is 398. The topological polar surface area (TPSA) is 30.2 Å². The van der Waals surface area contributed by atoms with Crippen molar-refractivity contribution in [1.82, 2.24) is 14.6 Å². The summed E-state index contributed by atoms with van der Waals surface area (Å²) < 4.78 is 2.71. The molecule has 0 aliphatic rings. The van der Waals surface area contributed by atoms with E-state index in [2.05, 4.69) is 32.8 Å². The number of halogens is 2. The van der Waals surface area contributed by atoms with Gasteiger partial charge in [-0.15, -0.1) is 10.2 Å². The molecule has 11 heavy (non-hydrogen) atoms. The lowest BCUT2D eigenvalue weighted by atomic mass is 10.5. The van der Waals surface area contributed by atoms with Gasteiger partial charge in [-0.25, -0.2) is 0 Å². The number of aromatic nitrogens is 3. The molecule has 0 saturated carbocycles. The lowest BCUT2D eigenvalue weighted by Gasteiger charge is -1.91. The third-order valence-electron chi connectivity index (χ3n) is 1.33. The molecule has 0 aliphatic carbocycles. The maximum absolute atomic E-state index is 5.74. The third-order valence-corrected chi connectivity index (χ3v) is 2.30. The lowest BCUT2D eigenvalue weighted by molar-refractivity contribution is 1.05. The first-order chi connectivity index (χ1) is 5.27. The highest BCUT2D eigenvalue weighted by atomic mass is 127. The fourth-order valence-corrected chi connectivity index (χ4v) is 1.51. The first kappa shape index (κ1) is 7.30. The Balaban J connectivity index is 2.86. The highest BCUT2D eigenvalue weighted by Crippen LogP contribution is 2.12. The summed E-state index contributed by atoms with van der Waals surface area (Å²) in [7, 11) is 0. The van der Waals surface area contributed by atoms with E-state index in [-0.39, 0.29) is 0 Å². The van der Waals surface area contributed by atoms with E-state index in [4.69, 9.17) is 11.6 Å². The Morgan fingerprint density at radius 2 is 2.27 bits per heavy atom. The van der Waals surface area contributed by atoms with Crippen LogP contribution < -0.4 is 0 Å². The van der Waals surface area contributed by atoms with Crippen LogP contribution in [0.15, 0.2) is 18.3 Å². The van der Waals surface area contributed by atoms with Crippen LogP contribution in [0.25, 0.3) is 5.65 Å². The van der Waals surface area contributed by atoms with Crippen LogP contribution in [0, 0.1) is 3.83 Å². The van der Waals surface area contributed by atoms with Gasteiger partial charge in [-0.05, 0) is 6.07 Å². The molecule has 0 aromatic carbocycles. The number of pyridine rings is 1. The van der Waals surface area contributed by atoms with Gasteiger partial charge < -0.3 is 0 Å². The van der Waals surface area contributed by atoms with E-state index >= 15 is 0 Å². The molecular formula is C6H3ClIN3. The molecule has 0 atom stereocenters. The van der Waals surface area contributed by atoms with Crippen LogP contribution in [0.1, 0.15) is 0 Å². The molecule has 56 valence electrons. The second-order valence-corrected chi connectivity index (χ2v) is 3.44. The van der Waals surface area contributed by atoms with Crippen molar-refractivity contribution in [1.29, 1.82) is 0 Å². The monoisotopic (exact) mass is 279 g/mol. The minimum Gasteiger partial charge on any atom is -0.278 e. The molecule has 2 aromatic rings. The number of nitrogens with zero attached hydrogens (tertiary/aromatic N) is 3. The molecular weight excluding hydrogens is 276 g/mol. The van der Waals surface area contributed by atoms with Crippen LogP contribution in [0.3, 0.4) is 0 Å². The average molecular weight is 279 g/mol. The summed E-state index contributed by atoms with van der Waals surface area (Å²) in [6.45, 7) is 0. The highest BCUT2D eigenvalue weighted by molar-refractivity contribution is 14.1. The molecule has 2 aromatic heterocycles. The summed E-state index contributed by atoms with van der Waals surface area (Å²) in [6.07, 6.45) is 1.85. The number of hydrogen-bond acceptors (Lipinski definition) is 2. The largest absolute Gasteiger partial charge is 0.278 e. The second kappa shape index (κ2) is 2.60. The standard InChI is InChI=1S/C6H3ClIN3/c7-4-1-2-11-5(3-4)9-10-6(11)8/h1-3H. The fraction of sp³-hybridized carbons (Fsp3) is 0. The first-order valence-electron chi connectivity index (χ1n) is 2.93. The van der Waals surface area contributed by atoms with E-state index in [0.717, 1.165) is 9.48 Å². The van der Waals surface area contributed by atoms with Crippen LogP contribution >= 0.6 is 34.2 Å². The van der Waals surface area contributed by atoms with E-state index in [1.807, 2.05) is 10.6 Å². The van der Waals surface area contributed by atoms with Crippen molar-refractivity contribution in [2.45, 2.75) is 0 Å². The van der Waals surface area contributed by atoms with Gasteiger partial charge in [-0.3, -0.25) is 4.40 Å². The van der Waals surface area contributed by atoms with E-state index in [9.17, 15) is 0 Å². The van der Waals surface area contributed by atoms with E-state index in [1.165, 1.54) is 0 Å². The Morgan fingerprint density at radius 1 is 1.45 bits per heavy atom. The van der Waals surface area contributed by atoms with Crippen molar-refractivity contribution in [2.75, 3.05) is 0 Å². The molecule has 0 aliphatic heterocycles. The van der Waals surface area contributed by atoms with Crippen molar-refractivity contribution in [3.05, 3.63) is 27.2 Å². The summed E-state index contributed by atoms with van der Waals surface area (Å²) in [5.41, 5.74) is 0.780. The molecule has 0 saturated heterocycles. The first-order valence-corrected chi connectivity index (χ1v) is 4.39. The van der Waals surface area contributed by atoms with Gasteiger partial charge in [0.15, 0.2) is 9.48 Å². The number of rotatable bonds is 0. The van der Waals surface area contributed by atoms with Crippen molar-refractivity contribution >= 4 is 39.8 Å². The maximum atomic E-state index is 5.74. The summed E-state index contributed by atoms with van der Waals surface area (Å²) in [4.78, 5) is 0. The van der Waals surface area contributed by atoms with Gasteiger partial charge >= 0.3 is 0 Å².